The molecule has 118 valence electrons. The molecule has 1 aliphatic heterocycles. The predicted octanol–water partition coefficient (Wildman–Crippen LogP) is 2.44. The van der Waals surface area contributed by atoms with E-state index in [-0.39, 0.29) is 24.0 Å². The maximum Gasteiger partial charge on any atom is 0.191 e. The summed E-state index contributed by atoms with van der Waals surface area (Å²) in [5, 5.41) is 6.98. The molecule has 1 saturated carbocycles. The van der Waals surface area contributed by atoms with E-state index in [0.717, 1.165) is 18.4 Å². The van der Waals surface area contributed by atoms with Gasteiger partial charge in [0, 0.05) is 25.7 Å². The van der Waals surface area contributed by atoms with Crippen molar-refractivity contribution in [1.29, 1.82) is 0 Å². The molecule has 0 radical (unpaired) electrons. The van der Waals surface area contributed by atoms with Crippen LogP contribution in [0.3, 0.4) is 0 Å². The Morgan fingerprint density at radius 1 is 1.25 bits per heavy atom. The van der Waals surface area contributed by atoms with Gasteiger partial charge in [0.15, 0.2) is 5.96 Å². The number of nitrogens with zero attached hydrogens (tertiary/aromatic N) is 2. The standard InChI is InChI=1S/C15H30N4.HI/c1-12(2)10-14(19-8-4-5-9-19)11-17-15(16-3)18-13-6-7-13;/h12-14H,4-11H2,1-3H3,(H2,16,17,18);1H. The highest BCUT2D eigenvalue weighted by molar-refractivity contribution is 14.0. The Morgan fingerprint density at radius 2 is 1.90 bits per heavy atom. The van der Waals surface area contributed by atoms with Gasteiger partial charge in [-0.3, -0.25) is 9.89 Å². The van der Waals surface area contributed by atoms with Crippen molar-refractivity contribution in [3.05, 3.63) is 0 Å². The topological polar surface area (TPSA) is 39.7 Å². The molecule has 2 N–H and O–H groups in total. The number of hydrogen-bond acceptors (Lipinski definition) is 2. The molecule has 0 aromatic rings. The third-order valence-corrected chi connectivity index (χ3v) is 4.05. The highest BCUT2D eigenvalue weighted by atomic mass is 127. The van der Waals surface area contributed by atoms with Gasteiger partial charge in [-0.05, 0) is 51.1 Å². The summed E-state index contributed by atoms with van der Waals surface area (Å²) in [7, 11) is 1.87. The molecule has 20 heavy (non-hydrogen) atoms. The van der Waals surface area contributed by atoms with Crippen LogP contribution in [0.15, 0.2) is 4.99 Å². The number of guanidine groups is 1. The van der Waals surface area contributed by atoms with Gasteiger partial charge in [0.05, 0.1) is 0 Å². The lowest BCUT2D eigenvalue weighted by atomic mass is 10.0. The minimum atomic E-state index is 0. The van der Waals surface area contributed by atoms with Crippen molar-refractivity contribution in [2.45, 2.75) is 58.0 Å². The highest BCUT2D eigenvalue weighted by Gasteiger charge is 2.25. The molecule has 2 rings (SSSR count). The summed E-state index contributed by atoms with van der Waals surface area (Å²) >= 11 is 0. The minimum Gasteiger partial charge on any atom is -0.355 e. The van der Waals surface area contributed by atoms with Crippen LogP contribution < -0.4 is 10.6 Å². The monoisotopic (exact) mass is 394 g/mol. The zero-order chi connectivity index (χ0) is 13.7. The molecule has 5 heteroatoms. The molecule has 0 aromatic heterocycles. The van der Waals surface area contributed by atoms with Crippen LogP contribution >= 0.6 is 24.0 Å². The number of rotatable bonds is 6. The van der Waals surface area contributed by atoms with Crippen molar-refractivity contribution in [2.24, 2.45) is 10.9 Å². The van der Waals surface area contributed by atoms with Gasteiger partial charge >= 0.3 is 0 Å². The Balaban J connectivity index is 0.00000200. The summed E-state index contributed by atoms with van der Waals surface area (Å²) in [6, 6.07) is 1.32. The quantitative estimate of drug-likeness (QED) is 0.413. The van der Waals surface area contributed by atoms with Crippen LogP contribution in [0.2, 0.25) is 0 Å². The molecule has 4 nitrogen and oxygen atoms in total. The number of halogens is 1. The van der Waals surface area contributed by atoms with Gasteiger partial charge in [-0.15, -0.1) is 24.0 Å². The van der Waals surface area contributed by atoms with Crippen molar-refractivity contribution in [2.75, 3.05) is 26.7 Å². The predicted molar refractivity (Wildman–Crippen MR) is 97.0 cm³/mol. The number of hydrogen-bond donors (Lipinski definition) is 2. The van der Waals surface area contributed by atoms with Crippen LogP contribution in [0, 0.1) is 5.92 Å². The molecule has 0 aromatic carbocycles. The van der Waals surface area contributed by atoms with Crippen LogP contribution in [0.25, 0.3) is 0 Å². The van der Waals surface area contributed by atoms with Crippen LogP contribution in [-0.2, 0) is 0 Å². The molecular weight excluding hydrogens is 363 g/mol. The second kappa shape index (κ2) is 9.07. The van der Waals surface area contributed by atoms with E-state index in [0.29, 0.717) is 12.1 Å². The first-order chi connectivity index (χ1) is 9.19. The average molecular weight is 394 g/mol. The highest BCUT2D eigenvalue weighted by Crippen LogP contribution is 2.19. The summed E-state index contributed by atoms with van der Waals surface area (Å²) in [4.78, 5) is 6.97. The molecule has 1 atom stereocenters. The maximum atomic E-state index is 4.32. The first-order valence-electron chi connectivity index (χ1n) is 7.90. The second-order valence-electron chi connectivity index (χ2n) is 6.40. The lowest BCUT2D eigenvalue weighted by molar-refractivity contribution is 0.213. The third kappa shape index (κ3) is 6.16. The van der Waals surface area contributed by atoms with Crippen molar-refractivity contribution < 1.29 is 0 Å². The Hall–Kier alpha value is -0.0400. The summed E-state index contributed by atoms with van der Waals surface area (Å²) < 4.78 is 0. The first kappa shape index (κ1) is 18.0. The summed E-state index contributed by atoms with van der Waals surface area (Å²) in [5.41, 5.74) is 0. The van der Waals surface area contributed by atoms with Gasteiger partial charge in [-0.25, -0.2) is 0 Å². The summed E-state index contributed by atoms with van der Waals surface area (Å²) in [5.74, 6) is 1.74. The van der Waals surface area contributed by atoms with Gasteiger partial charge in [0.25, 0.3) is 0 Å². The fraction of sp³-hybridized carbons (Fsp3) is 0.933. The molecule has 2 fully saturated rings. The van der Waals surface area contributed by atoms with Gasteiger partial charge in [0.2, 0.25) is 0 Å². The number of aliphatic imine (C=N–C) groups is 1. The average Bonchev–Trinajstić information content (AvgIpc) is 3.03. The van der Waals surface area contributed by atoms with E-state index in [1.807, 2.05) is 7.05 Å². The summed E-state index contributed by atoms with van der Waals surface area (Å²) in [6.07, 6.45) is 6.59. The summed E-state index contributed by atoms with van der Waals surface area (Å²) in [6.45, 7) is 8.20. The molecule has 0 bridgehead atoms. The fourth-order valence-electron chi connectivity index (χ4n) is 2.84. The van der Waals surface area contributed by atoms with Crippen LogP contribution in [0.5, 0.6) is 0 Å². The van der Waals surface area contributed by atoms with Crippen LogP contribution in [0.1, 0.15) is 46.0 Å². The Kier molecular flexibility index (Phi) is 8.17. The molecule has 0 spiro atoms. The Bertz CT molecular complexity index is 296. The van der Waals surface area contributed by atoms with E-state index in [2.05, 4.69) is 34.4 Å². The van der Waals surface area contributed by atoms with Gasteiger partial charge in [0.1, 0.15) is 0 Å². The Labute approximate surface area is 141 Å². The molecule has 1 heterocycles. The van der Waals surface area contributed by atoms with Crippen LogP contribution in [-0.4, -0.2) is 49.6 Å². The fourth-order valence-corrected chi connectivity index (χ4v) is 2.84. The molecule has 2 aliphatic rings. The largest absolute Gasteiger partial charge is 0.355 e. The first-order valence-corrected chi connectivity index (χ1v) is 7.90. The van der Waals surface area contributed by atoms with Crippen molar-refractivity contribution in [1.82, 2.24) is 15.5 Å². The van der Waals surface area contributed by atoms with Crippen LogP contribution in [0.4, 0.5) is 0 Å². The van der Waals surface area contributed by atoms with E-state index >= 15 is 0 Å². The zero-order valence-corrected chi connectivity index (χ0v) is 15.5. The molecule has 1 unspecified atom stereocenters. The van der Waals surface area contributed by atoms with Gasteiger partial charge < -0.3 is 10.6 Å². The van der Waals surface area contributed by atoms with E-state index < -0.39 is 0 Å². The van der Waals surface area contributed by atoms with E-state index in [1.165, 1.54) is 45.2 Å². The normalized spacial score (nSPS) is 21.7. The van der Waals surface area contributed by atoms with Gasteiger partial charge in [-0.1, -0.05) is 13.8 Å². The molecule has 0 amide bonds. The number of likely N-dealkylation sites (tertiary alicyclic amines) is 1. The van der Waals surface area contributed by atoms with E-state index in [1.54, 1.807) is 0 Å². The lowest BCUT2D eigenvalue weighted by Gasteiger charge is -2.29. The SMILES string of the molecule is CN=C(NCC(CC(C)C)N1CCCC1)NC1CC1.I. The zero-order valence-electron chi connectivity index (χ0n) is 13.2. The molecule has 1 saturated heterocycles. The number of nitrogens with one attached hydrogen (secondary N) is 2. The van der Waals surface area contributed by atoms with Crippen molar-refractivity contribution >= 4 is 29.9 Å². The third-order valence-electron chi connectivity index (χ3n) is 4.05. The van der Waals surface area contributed by atoms with Gasteiger partial charge in [-0.2, -0.15) is 0 Å². The molecular formula is C15H31IN4. The van der Waals surface area contributed by atoms with Crippen molar-refractivity contribution in [3.63, 3.8) is 0 Å². The van der Waals surface area contributed by atoms with E-state index in [9.17, 15) is 0 Å². The van der Waals surface area contributed by atoms with E-state index in [4.69, 9.17) is 0 Å². The Morgan fingerprint density at radius 3 is 2.40 bits per heavy atom. The lowest BCUT2D eigenvalue weighted by Crippen LogP contribution is -2.47. The molecule has 1 aliphatic carbocycles. The smallest absolute Gasteiger partial charge is 0.191 e. The maximum absolute atomic E-state index is 4.32. The minimum absolute atomic E-state index is 0. The second-order valence-corrected chi connectivity index (χ2v) is 6.40. The van der Waals surface area contributed by atoms with Crippen molar-refractivity contribution in [3.8, 4) is 0 Å².